The summed E-state index contributed by atoms with van der Waals surface area (Å²) in [7, 11) is 0. The number of carbonyl (C=O) groups is 1. The van der Waals surface area contributed by atoms with Crippen molar-refractivity contribution in [2.24, 2.45) is 0 Å². The molecule has 5 nitrogen and oxygen atoms in total. The Morgan fingerprint density at radius 3 is 2.61 bits per heavy atom. The molecule has 1 N–H and O–H groups in total. The predicted octanol–water partition coefficient (Wildman–Crippen LogP) is 1.62. The number of hydrogen-bond donors (Lipinski definition) is 1. The van der Waals surface area contributed by atoms with Gasteiger partial charge in [-0.05, 0) is 32.9 Å². The van der Waals surface area contributed by atoms with Gasteiger partial charge >= 0.3 is 0 Å². The number of rotatable bonds is 5. The highest BCUT2D eigenvalue weighted by atomic mass is 16.2. The maximum absolute atomic E-state index is 12.0. The molecule has 1 unspecified atom stereocenters. The van der Waals surface area contributed by atoms with Gasteiger partial charge in [0.15, 0.2) is 0 Å². The van der Waals surface area contributed by atoms with Gasteiger partial charge < -0.3 is 10.2 Å². The summed E-state index contributed by atoms with van der Waals surface area (Å²) in [5, 5.41) is 11.7. The van der Waals surface area contributed by atoms with Crippen LogP contribution in [0.1, 0.15) is 26.3 Å². The number of aromatic nitrogens is 1. The van der Waals surface area contributed by atoms with Crippen molar-refractivity contribution >= 4 is 11.7 Å². The Morgan fingerprint density at radius 2 is 2.17 bits per heavy atom. The first-order valence-corrected chi connectivity index (χ1v) is 6.03. The monoisotopic (exact) mass is 246 g/mol. The molecule has 1 atom stereocenters. The molecule has 0 aromatic carbocycles. The highest BCUT2D eigenvalue weighted by Gasteiger charge is 2.17. The minimum absolute atomic E-state index is 0.0474. The molecule has 1 heterocycles. The number of nitrogens with one attached hydrogen (secondary N) is 1. The molecule has 0 aliphatic heterocycles. The van der Waals surface area contributed by atoms with Gasteiger partial charge in [-0.3, -0.25) is 4.79 Å². The quantitative estimate of drug-likeness (QED) is 0.857. The van der Waals surface area contributed by atoms with Crippen molar-refractivity contribution in [1.29, 1.82) is 5.26 Å². The number of likely N-dealkylation sites (N-methyl/N-ethyl adjacent to an activating group) is 1. The maximum atomic E-state index is 12.0. The first kappa shape index (κ1) is 14.0. The number of nitrogens with zero attached hydrogens (tertiary/aromatic N) is 3. The normalized spacial score (nSPS) is 11.4. The molecule has 96 valence electrons. The number of nitriles is 1. The fraction of sp³-hybridized carbons (Fsp3) is 0.462. The Balaban J connectivity index is 2.66. The van der Waals surface area contributed by atoms with Crippen molar-refractivity contribution in [2.75, 3.05) is 18.4 Å². The van der Waals surface area contributed by atoms with E-state index in [4.69, 9.17) is 5.26 Å². The summed E-state index contributed by atoms with van der Waals surface area (Å²) < 4.78 is 0. The molecule has 1 aromatic heterocycles. The molecular weight excluding hydrogens is 228 g/mol. The molecule has 5 heteroatoms. The molecule has 0 spiro atoms. The van der Waals surface area contributed by atoms with Gasteiger partial charge in [0.1, 0.15) is 17.9 Å². The highest BCUT2D eigenvalue weighted by molar-refractivity contribution is 5.83. The van der Waals surface area contributed by atoms with Gasteiger partial charge in [0, 0.05) is 19.3 Å². The third kappa shape index (κ3) is 3.45. The summed E-state index contributed by atoms with van der Waals surface area (Å²) in [6, 6.07) is 5.04. The summed E-state index contributed by atoms with van der Waals surface area (Å²) in [6.07, 6.45) is 1.48. The maximum Gasteiger partial charge on any atom is 0.244 e. The van der Waals surface area contributed by atoms with Crippen LogP contribution in [0.5, 0.6) is 0 Å². The lowest BCUT2D eigenvalue weighted by Gasteiger charge is -2.23. The van der Waals surface area contributed by atoms with Gasteiger partial charge in [0.25, 0.3) is 0 Å². The van der Waals surface area contributed by atoms with E-state index in [1.54, 1.807) is 24.0 Å². The van der Waals surface area contributed by atoms with Crippen LogP contribution in [0.15, 0.2) is 18.3 Å². The molecule has 0 aliphatic rings. The van der Waals surface area contributed by atoms with Crippen LogP contribution in [0.2, 0.25) is 0 Å². The van der Waals surface area contributed by atoms with E-state index in [9.17, 15) is 4.79 Å². The van der Waals surface area contributed by atoms with Crippen molar-refractivity contribution in [2.45, 2.75) is 26.8 Å². The molecular formula is C13H18N4O. The largest absolute Gasteiger partial charge is 0.359 e. The first-order valence-electron chi connectivity index (χ1n) is 6.03. The zero-order valence-corrected chi connectivity index (χ0v) is 11.0. The minimum Gasteiger partial charge on any atom is -0.359 e. The van der Waals surface area contributed by atoms with Crippen LogP contribution in [0.25, 0.3) is 0 Å². The lowest BCUT2D eigenvalue weighted by Crippen LogP contribution is -2.41. The van der Waals surface area contributed by atoms with Crippen LogP contribution in [-0.2, 0) is 4.79 Å². The molecule has 0 fully saturated rings. The van der Waals surface area contributed by atoms with Gasteiger partial charge in [-0.25, -0.2) is 4.98 Å². The Kier molecular flexibility index (Phi) is 5.12. The molecule has 1 rings (SSSR count). The number of hydrogen-bond acceptors (Lipinski definition) is 4. The van der Waals surface area contributed by atoms with Gasteiger partial charge in [0.2, 0.25) is 5.91 Å². The van der Waals surface area contributed by atoms with Gasteiger partial charge in [-0.1, -0.05) is 0 Å². The number of amides is 1. The van der Waals surface area contributed by atoms with E-state index in [0.29, 0.717) is 24.5 Å². The topological polar surface area (TPSA) is 69.0 Å². The second-order valence-corrected chi connectivity index (χ2v) is 3.92. The van der Waals surface area contributed by atoms with Crippen LogP contribution < -0.4 is 5.32 Å². The van der Waals surface area contributed by atoms with E-state index in [1.807, 2.05) is 19.9 Å². The van der Waals surface area contributed by atoms with E-state index in [2.05, 4.69) is 10.3 Å². The molecule has 1 aromatic rings. The second kappa shape index (κ2) is 6.60. The van der Waals surface area contributed by atoms with Crippen molar-refractivity contribution in [3.05, 3.63) is 23.9 Å². The average Bonchev–Trinajstić information content (AvgIpc) is 2.40. The highest BCUT2D eigenvalue weighted by Crippen LogP contribution is 2.07. The SMILES string of the molecule is CCN(CC)C(=O)C(C)Nc1ccc(C#N)cn1. The van der Waals surface area contributed by atoms with Gasteiger partial charge in [-0.15, -0.1) is 0 Å². The van der Waals surface area contributed by atoms with E-state index in [0.717, 1.165) is 0 Å². The Hall–Kier alpha value is -2.09. The molecule has 0 bridgehead atoms. The van der Waals surface area contributed by atoms with Crippen LogP contribution in [0.4, 0.5) is 5.82 Å². The fourth-order valence-corrected chi connectivity index (χ4v) is 1.64. The summed E-state index contributed by atoms with van der Waals surface area (Å²) >= 11 is 0. The molecule has 0 saturated carbocycles. The lowest BCUT2D eigenvalue weighted by atomic mass is 10.2. The molecule has 0 aliphatic carbocycles. The third-order valence-corrected chi connectivity index (χ3v) is 2.70. The molecule has 0 radical (unpaired) electrons. The fourth-order valence-electron chi connectivity index (χ4n) is 1.64. The van der Waals surface area contributed by atoms with Crippen LogP contribution in [-0.4, -0.2) is 34.9 Å². The van der Waals surface area contributed by atoms with Gasteiger partial charge in [-0.2, -0.15) is 5.26 Å². The number of pyridine rings is 1. The van der Waals surface area contributed by atoms with Crippen LogP contribution in [0, 0.1) is 11.3 Å². The van der Waals surface area contributed by atoms with E-state index < -0.39 is 0 Å². The van der Waals surface area contributed by atoms with Crippen LogP contribution in [0.3, 0.4) is 0 Å². The van der Waals surface area contributed by atoms with E-state index >= 15 is 0 Å². The van der Waals surface area contributed by atoms with E-state index in [-0.39, 0.29) is 11.9 Å². The zero-order valence-electron chi connectivity index (χ0n) is 11.0. The lowest BCUT2D eigenvalue weighted by molar-refractivity contribution is -0.131. The average molecular weight is 246 g/mol. The zero-order chi connectivity index (χ0) is 13.5. The molecule has 18 heavy (non-hydrogen) atoms. The second-order valence-electron chi connectivity index (χ2n) is 3.92. The number of anilines is 1. The van der Waals surface area contributed by atoms with Crippen LogP contribution >= 0.6 is 0 Å². The van der Waals surface area contributed by atoms with Crippen molar-refractivity contribution in [1.82, 2.24) is 9.88 Å². The summed E-state index contributed by atoms with van der Waals surface area (Å²) in [4.78, 5) is 17.9. The Bertz CT molecular complexity index is 431. The predicted molar refractivity (Wildman–Crippen MR) is 70.0 cm³/mol. The van der Waals surface area contributed by atoms with Crippen molar-refractivity contribution in [3.63, 3.8) is 0 Å². The van der Waals surface area contributed by atoms with Crippen molar-refractivity contribution in [3.8, 4) is 6.07 Å². The Morgan fingerprint density at radius 1 is 1.50 bits per heavy atom. The summed E-state index contributed by atoms with van der Waals surface area (Å²) in [6.45, 7) is 7.10. The van der Waals surface area contributed by atoms with E-state index in [1.165, 1.54) is 6.20 Å². The first-order chi connectivity index (χ1) is 8.62. The minimum atomic E-state index is -0.328. The van der Waals surface area contributed by atoms with Crippen molar-refractivity contribution < 1.29 is 4.79 Å². The Labute approximate surface area is 107 Å². The smallest absolute Gasteiger partial charge is 0.244 e. The number of carbonyl (C=O) groups excluding carboxylic acids is 1. The summed E-state index contributed by atoms with van der Waals surface area (Å²) in [5.41, 5.74) is 0.503. The summed E-state index contributed by atoms with van der Waals surface area (Å²) in [5.74, 6) is 0.646. The van der Waals surface area contributed by atoms with Gasteiger partial charge in [0.05, 0.1) is 5.56 Å². The molecule has 0 saturated heterocycles. The third-order valence-electron chi connectivity index (χ3n) is 2.70. The standard InChI is InChI=1S/C13H18N4O/c1-4-17(5-2)13(18)10(3)16-12-7-6-11(8-14)9-15-12/h6-7,9-10H,4-5H2,1-3H3,(H,15,16). The molecule has 1 amide bonds.